The van der Waals surface area contributed by atoms with Crippen molar-refractivity contribution < 1.29 is 5.11 Å². The lowest BCUT2D eigenvalue weighted by Crippen LogP contribution is -1.97. The number of thiazole rings is 1. The second-order valence-corrected chi connectivity index (χ2v) is 6.06. The van der Waals surface area contributed by atoms with E-state index < -0.39 is 0 Å². The summed E-state index contributed by atoms with van der Waals surface area (Å²) in [5.74, 6) is 0.368. The van der Waals surface area contributed by atoms with Gasteiger partial charge in [-0.1, -0.05) is 17.4 Å². The molecule has 0 unspecified atom stereocenters. The summed E-state index contributed by atoms with van der Waals surface area (Å²) in [6.07, 6.45) is 4.34. The predicted octanol–water partition coefficient (Wildman–Crippen LogP) is 4.49. The highest BCUT2D eigenvalue weighted by Gasteiger charge is 2.18. The van der Waals surface area contributed by atoms with Gasteiger partial charge in [0.2, 0.25) is 0 Å². The minimum Gasteiger partial charge on any atom is -0.507 e. The van der Waals surface area contributed by atoms with Gasteiger partial charge in [-0.25, -0.2) is 4.98 Å². The Morgan fingerprint density at radius 1 is 1.22 bits per heavy atom. The van der Waals surface area contributed by atoms with Crippen molar-refractivity contribution >= 4 is 51.5 Å². The maximum Gasteiger partial charge on any atom is 0.183 e. The Kier molecular flexibility index (Phi) is 6.62. The first-order chi connectivity index (χ1) is 10.1. The number of rotatable bonds is 3. The molecule has 2 N–H and O–H groups in total. The highest BCUT2D eigenvalue weighted by molar-refractivity contribution is 7.22. The quantitative estimate of drug-likeness (QED) is 0.711. The van der Waals surface area contributed by atoms with Crippen molar-refractivity contribution in [3.05, 3.63) is 46.8 Å². The van der Waals surface area contributed by atoms with Crippen LogP contribution in [0.1, 0.15) is 22.3 Å². The number of nitrogens with zero attached hydrogens (tertiary/aromatic N) is 2. The average molecular weight is 372 g/mol. The van der Waals surface area contributed by atoms with Gasteiger partial charge in [-0.15, -0.1) is 24.8 Å². The molecular weight excluding hydrogens is 353 g/mol. The fourth-order valence-corrected chi connectivity index (χ4v) is 3.47. The van der Waals surface area contributed by atoms with Crippen LogP contribution >= 0.6 is 36.2 Å². The largest absolute Gasteiger partial charge is 0.507 e. The summed E-state index contributed by atoms with van der Waals surface area (Å²) in [5, 5.41) is 14.3. The molecule has 7 heteroatoms. The Morgan fingerprint density at radius 3 is 2.57 bits per heavy atom. The van der Waals surface area contributed by atoms with Gasteiger partial charge in [0.05, 0.1) is 10.2 Å². The Hall–Kier alpha value is -1.56. The minimum atomic E-state index is 0. The van der Waals surface area contributed by atoms with Crippen LogP contribution in [-0.2, 0) is 6.42 Å². The van der Waals surface area contributed by atoms with Crippen molar-refractivity contribution in [2.45, 2.75) is 20.3 Å². The Balaban J connectivity index is 0.00000132. The molecule has 0 amide bonds. The van der Waals surface area contributed by atoms with Crippen LogP contribution in [0.15, 0.2) is 24.5 Å². The topological polar surface area (TPSA) is 58.0 Å². The lowest BCUT2D eigenvalue weighted by atomic mass is 9.97. The number of pyridine rings is 1. The molecule has 0 saturated heterocycles. The SMILES string of the molecule is CNc1nc2c(Cc3cccnc3)c(C)c(O)c(C)c2s1.Cl.Cl. The van der Waals surface area contributed by atoms with E-state index in [0.717, 1.165) is 44.0 Å². The Bertz CT molecular complexity index is 806. The van der Waals surface area contributed by atoms with Crippen molar-refractivity contribution in [2.24, 2.45) is 0 Å². The maximum atomic E-state index is 10.4. The summed E-state index contributed by atoms with van der Waals surface area (Å²) in [7, 11) is 1.86. The second-order valence-electron chi connectivity index (χ2n) is 5.06. The van der Waals surface area contributed by atoms with E-state index in [9.17, 15) is 5.11 Å². The highest BCUT2D eigenvalue weighted by atomic mass is 35.5. The first kappa shape index (κ1) is 19.5. The molecule has 0 atom stereocenters. The monoisotopic (exact) mass is 371 g/mol. The van der Waals surface area contributed by atoms with Crippen LogP contribution in [-0.4, -0.2) is 22.1 Å². The Labute approximate surface area is 151 Å². The van der Waals surface area contributed by atoms with Gasteiger partial charge < -0.3 is 10.4 Å². The molecule has 2 heterocycles. The molecule has 0 spiro atoms. The van der Waals surface area contributed by atoms with E-state index in [2.05, 4.69) is 15.3 Å². The fraction of sp³-hybridized carbons (Fsp3) is 0.250. The van der Waals surface area contributed by atoms with Gasteiger partial charge in [0.1, 0.15) is 5.75 Å². The van der Waals surface area contributed by atoms with Crippen molar-refractivity contribution in [3.63, 3.8) is 0 Å². The van der Waals surface area contributed by atoms with Crippen LogP contribution in [0.25, 0.3) is 10.2 Å². The third-order valence-corrected chi connectivity index (χ3v) is 4.93. The molecule has 0 aliphatic rings. The van der Waals surface area contributed by atoms with Crippen molar-refractivity contribution in [1.29, 1.82) is 0 Å². The molecule has 3 rings (SSSR count). The number of phenols is 1. The molecule has 3 aromatic rings. The van der Waals surface area contributed by atoms with Crippen molar-refractivity contribution in [2.75, 3.05) is 12.4 Å². The van der Waals surface area contributed by atoms with E-state index >= 15 is 0 Å². The number of phenolic OH excluding ortho intramolecular Hbond substituents is 1. The standard InChI is InChI=1S/C16H17N3OS.2ClH/c1-9-12(7-11-5-4-6-18-8-11)13-15(10(2)14(9)20)21-16(17-3)19-13;;/h4-6,8,20H,7H2,1-3H3,(H,17,19);2*1H. The number of aryl methyl sites for hydroxylation is 1. The zero-order valence-corrected chi connectivity index (χ0v) is 15.5. The normalized spacial score (nSPS) is 10.0. The summed E-state index contributed by atoms with van der Waals surface area (Å²) >= 11 is 1.57. The van der Waals surface area contributed by atoms with Gasteiger partial charge in [-0.05, 0) is 36.6 Å². The van der Waals surface area contributed by atoms with E-state index in [1.165, 1.54) is 0 Å². The maximum absolute atomic E-state index is 10.4. The zero-order valence-electron chi connectivity index (χ0n) is 13.1. The third-order valence-electron chi connectivity index (χ3n) is 3.73. The highest BCUT2D eigenvalue weighted by Crippen LogP contribution is 2.39. The molecule has 0 aliphatic heterocycles. The average Bonchev–Trinajstić information content (AvgIpc) is 2.95. The summed E-state index contributed by atoms with van der Waals surface area (Å²) < 4.78 is 1.04. The summed E-state index contributed by atoms with van der Waals surface area (Å²) in [4.78, 5) is 8.83. The number of aromatic hydroxyl groups is 1. The zero-order chi connectivity index (χ0) is 15.0. The predicted molar refractivity (Wildman–Crippen MR) is 102 cm³/mol. The lowest BCUT2D eigenvalue weighted by Gasteiger charge is -2.11. The molecule has 23 heavy (non-hydrogen) atoms. The smallest absolute Gasteiger partial charge is 0.183 e. The van der Waals surface area contributed by atoms with Crippen LogP contribution in [0.2, 0.25) is 0 Å². The van der Waals surface area contributed by atoms with Crippen molar-refractivity contribution in [3.8, 4) is 5.75 Å². The van der Waals surface area contributed by atoms with Gasteiger partial charge in [0.15, 0.2) is 5.13 Å². The third kappa shape index (κ3) is 3.52. The number of halogens is 2. The molecule has 0 radical (unpaired) electrons. The molecular formula is C16H19Cl2N3OS. The van der Waals surface area contributed by atoms with Gasteiger partial charge in [-0.3, -0.25) is 4.98 Å². The fourth-order valence-electron chi connectivity index (χ4n) is 2.52. The first-order valence-electron chi connectivity index (χ1n) is 6.80. The van der Waals surface area contributed by atoms with Crippen LogP contribution < -0.4 is 5.32 Å². The van der Waals surface area contributed by atoms with Gasteiger partial charge >= 0.3 is 0 Å². The Morgan fingerprint density at radius 2 is 1.96 bits per heavy atom. The summed E-state index contributed by atoms with van der Waals surface area (Å²) in [6.45, 7) is 3.89. The van der Waals surface area contributed by atoms with Gasteiger partial charge in [0, 0.05) is 31.4 Å². The van der Waals surface area contributed by atoms with E-state index in [4.69, 9.17) is 0 Å². The van der Waals surface area contributed by atoms with Crippen molar-refractivity contribution in [1.82, 2.24) is 9.97 Å². The molecule has 1 aromatic carbocycles. The number of hydrogen-bond acceptors (Lipinski definition) is 5. The number of benzene rings is 1. The minimum absolute atomic E-state index is 0. The van der Waals surface area contributed by atoms with E-state index in [1.807, 2.05) is 39.2 Å². The van der Waals surface area contributed by atoms with E-state index in [-0.39, 0.29) is 24.8 Å². The molecule has 2 aromatic heterocycles. The van der Waals surface area contributed by atoms with E-state index in [0.29, 0.717) is 5.75 Å². The number of fused-ring (bicyclic) bond motifs is 1. The van der Waals surface area contributed by atoms with Crippen LogP contribution in [0.5, 0.6) is 5.75 Å². The van der Waals surface area contributed by atoms with Gasteiger partial charge in [-0.2, -0.15) is 0 Å². The molecule has 0 saturated carbocycles. The molecule has 0 bridgehead atoms. The summed E-state index contributed by atoms with van der Waals surface area (Å²) in [6, 6.07) is 3.97. The van der Waals surface area contributed by atoms with E-state index in [1.54, 1.807) is 17.5 Å². The second kappa shape index (κ2) is 7.81. The number of hydrogen-bond donors (Lipinski definition) is 2. The van der Waals surface area contributed by atoms with Gasteiger partial charge in [0.25, 0.3) is 0 Å². The van der Waals surface area contributed by atoms with Crippen LogP contribution in [0.4, 0.5) is 5.13 Å². The molecule has 0 fully saturated rings. The lowest BCUT2D eigenvalue weighted by molar-refractivity contribution is 0.467. The molecule has 4 nitrogen and oxygen atoms in total. The first-order valence-corrected chi connectivity index (χ1v) is 7.61. The number of anilines is 1. The number of aromatic nitrogens is 2. The molecule has 0 aliphatic carbocycles. The summed E-state index contributed by atoms with van der Waals surface area (Å²) in [5.41, 5.74) is 4.96. The van der Waals surface area contributed by atoms with Crippen LogP contribution in [0, 0.1) is 13.8 Å². The number of nitrogens with one attached hydrogen (secondary N) is 1. The molecule has 124 valence electrons. The van der Waals surface area contributed by atoms with Crippen LogP contribution in [0.3, 0.4) is 0 Å².